The fourth-order valence-corrected chi connectivity index (χ4v) is 2.56. The average molecular weight is 395 g/mol. The molecule has 1 aromatic heterocycles. The Morgan fingerprint density at radius 2 is 1.93 bits per heavy atom. The first kappa shape index (κ1) is 19.9. The first-order chi connectivity index (χ1) is 14.0. The number of nitrogens with zero attached hydrogens (tertiary/aromatic N) is 3. The summed E-state index contributed by atoms with van der Waals surface area (Å²) < 4.78 is 10.2. The lowest BCUT2D eigenvalue weighted by Gasteiger charge is -2.08. The molecule has 3 aromatic rings. The first-order valence-electron chi connectivity index (χ1n) is 8.87. The predicted octanol–water partition coefficient (Wildman–Crippen LogP) is 2.59. The number of carbonyl (C=O) groups is 1. The molecule has 150 valence electrons. The van der Waals surface area contributed by atoms with Gasteiger partial charge in [-0.05, 0) is 36.2 Å². The van der Waals surface area contributed by atoms with Gasteiger partial charge in [0.25, 0.3) is 0 Å². The molecule has 0 saturated heterocycles. The number of ether oxygens (including phenoxy) is 2. The van der Waals surface area contributed by atoms with Gasteiger partial charge >= 0.3 is 5.97 Å². The summed E-state index contributed by atoms with van der Waals surface area (Å²) in [4.78, 5) is 24.3. The van der Waals surface area contributed by atoms with Gasteiger partial charge in [0.2, 0.25) is 11.9 Å². The largest absolute Gasteiger partial charge is 0.504 e. The number of benzene rings is 2. The molecule has 0 aliphatic heterocycles. The molecule has 0 bridgehead atoms. The molecule has 29 heavy (non-hydrogen) atoms. The third-order valence-electron chi connectivity index (χ3n) is 3.95. The van der Waals surface area contributed by atoms with Crippen molar-refractivity contribution in [2.45, 2.75) is 19.4 Å². The maximum Gasteiger partial charge on any atom is 0.306 e. The number of methoxy groups -OCH3 is 1. The van der Waals surface area contributed by atoms with E-state index < -0.39 is 5.97 Å². The molecule has 0 amide bonds. The Morgan fingerprint density at radius 3 is 2.66 bits per heavy atom. The first-order valence-corrected chi connectivity index (χ1v) is 8.87. The van der Waals surface area contributed by atoms with Gasteiger partial charge < -0.3 is 25.6 Å². The van der Waals surface area contributed by atoms with E-state index in [-0.39, 0.29) is 36.5 Å². The van der Waals surface area contributed by atoms with Crippen molar-refractivity contribution < 1.29 is 19.4 Å². The van der Waals surface area contributed by atoms with Gasteiger partial charge in [-0.1, -0.05) is 24.3 Å². The maximum absolute atomic E-state index is 12.0. The van der Waals surface area contributed by atoms with Crippen LogP contribution in [0.1, 0.15) is 17.8 Å². The number of rotatable bonds is 8. The number of nitrogens with one attached hydrogen (secondary N) is 1. The molecule has 0 fully saturated rings. The van der Waals surface area contributed by atoms with Crippen LogP contribution in [0.5, 0.6) is 11.5 Å². The Morgan fingerprint density at radius 1 is 1.14 bits per heavy atom. The molecule has 1 heterocycles. The van der Waals surface area contributed by atoms with Crippen LogP contribution >= 0.6 is 0 Å². The second-order valence-corrected chi connectivity index (χ2v) is 6.09. The minimum atomic E-state index is -0.420. The summed E-state index contributed by atoms with van der Waals surface area (Å²) in [6, 6.07) is 14.3. The molecule has 0 saturated carbocycles. The van der Waals surface area contributed by atoms with Crippen molar-refractivity contribution >= 4 is 23.6 Å². The van der Waals surface area contributed by atoms with Gasteiger partial charge in [-0.2, -0.15) is 15.0 Å². The summed E-state index contributed by atoms with van der Waals surface area (Å²) in [6.07, 6.45) is 0.554. The molecule has 0 atom stereocenters. The summed E-state index contributed by atoms with van der Waals surface area (Å²) in [5.41, 5.74) is 7.30. The number of carbonyl (C=O) groups excluding carboxylic acids is 1. The zero-order valence-corrected chi connectivity index (χ0v) is 15.8. The molecule has 3 rings (SSSR count). The third-order valence-corrected chi connectivity index (χ3v) is 3.95. The van der Waals surface area contributed by atoms with Gasteiger partial charge in [0.15, 0.2) is 23.9 Å². The van der Waals surface area contributed by atoms with E-state index in [1.54, 1.807) is 18.2 Å². The topological polar surface area (TPSA) is 132 Å². The molecule has 0 spiro atoms. The highest BCUT2D eigenvalue weighted by molar-refractivity contribution is 5.69. The number of nitrogen functional groups attached to an aromatic ring is 1. The van der Waals surface area contributed by atoms with E-state index in [2.05, 4.69) is 20.3 Å². The van der Waals surface area contributed by atoms with Crippen LogP contribution in [-0.2, 0) is 22.6 Å². The minimum Gasteiger partial charge on any atom is -0.504 e. The van der Waals surface area contributed by atoms with Crippen LogP contribution in [0.15, 0.2) is 48.5 Å². The summed E-state index contributed by atoms with van der Waals surface area (Å²) in [7, 11) is 1.47. The van der Waals surface area contributed by atoms with Gasteiger partial charge in [-0.3, -0.25) is 4.79 Å². The van der Waals surface area contributed by atoms with Crippen molar-refractivity contribution in [2.75, 3.05) is 18.2 Å². The number of anilines is 3. The number of esters is 1. The van der Waals surface area contributed by atoms with Crippen molar-refractivity contribution in [1.82, 2.24) is 15.0 Å². The van der Waals surface area contributed by atoms with Crippen LogP contribution in [0, 0.1) is 0 Å². The fraction of sp³-hybridized carbons (Fsp3) is 0.200. The molecule has 0 unspecified atom stereocenters. The summed E-state index contributed by atoms with van der Waals surface area (Å²) in [5.74, 6) is 0.519. The number of nitrogens with two attached hydrogens (primary N) is 1. The molecule has 9 nitrogen and oxygen atoms in total. The molecular weight excluding hydrogens is 374 g/mol. The van der Waals surface area contributed by atoms with Crippen molar-refractivity contribution in [3.63, 3.8) is 0 Å². The van der Waals surface area contributed by atoms with Crippen LogP contribution in [0.25, 0.3) is 0 Å². The monoisotopic (exact) mass is 395 g/mol. The van der Waals surface area contributed by atoms with E-state index in [1.165, 1.54) is 7.11 Å². The summed E-state index contributed by atoms with van der Waals surface area (Å²) in [6.45, 7) is -0.122. The van der Waals surface area contributed by atoms with Crippen LogP contribution in [0.2, 0.25) is 0 Å². The van der Waals surface area contributed by atoms with Gasteiger partial charge in [-0.15, -0.1) is 0 Å². The number of aromatic hydroxyl groups is 1. The van der Waals surface area contributed by atoms with Gasteiger partial charge in [0.05, 0.1) is 7.11 Å². The maximum atomic E-state index is 12.0. The average Bonchev–Trinajstić information content (AvgIpc) is 2.71. The number of phenols is 1. The molecule has 0 radical (unpaired) electrons. The number of para-hydroxylation sites is 1. The van der Waals surface area contributed by atoms with Crippen molar-refractivity contribution in [1.29, 1.82) is 0 Å². The molecule has 9 heteroatoms. The Labute approximate surface area is 167 Å². The van der Waals surface area contributed by atoms with E-state index in [0.717, 1.165) is 11.3 Å². The van der Waals surface area contributed by atoms with Crippen molar-refractivity contribution in [3.8, 4) is 11.5 Å². The third kappa shape index (κ3) is 5.80. The van der Waals surface area contributed by atoms with E-state index in [9.17, 15) is 9.90 Å². The van der Waals surface area contributed by atoms with Crippen LogP contribution in [-0.4, -0.2) is 33.1 Å². The number of aryl methyl sites for hydroxylation is 1. The lowest BCUT2D eigenvalue weighted by atomic mass is 10.1. The van der Waals surface area contributed by atoms with Crippen molar-refractivity contribution in [3.05, 3.63) is 59.9 Å². The van der Waals surface area contributed by atoms with Gasteiger partial charge in [0, 0.05) is 12.1 Å². The van der Waals surface area contributed by atoms with Crippen LogP contribution in [0.4, 0.5) is 17.6 Å². The van der Waals surface area contributed by atoms with E-state index in [4.69, 9.17) is 15.2 Å². The van der Waals surface area contributed by atoms with E-state index in [1.807, 2.05) is 30.3 Å². The molecule has 4 N–H and O–H groups in total. The summed E-state index contributed by atoms with van der Waals surface area (Å²) in [5, 5.41) is 12.8. The molecule has 2 aromatic carbocycles. The highest BCUT2D eigenvalue weighted by atomic mass is 16.5. The van der Waals surface area contributed by atoms with E-state index in [0.29, 0.717) is 12.2 Å². The molecule has 0 aliphatic rings. The van der Waals surface area contributed by atoms with E-state index >= 15 is 0 Å². The minimum absolute atomic E-state index is 0.0254. The zero-order chi connectivity index (χ0) is 20.6. The zero-order valence-electron chi connectivity index (χ0n) is 15.8. The number of hydrogen-bond donors (Lipinski definition) is 3. The van der Waals surface area contributed by atoms with Crippen LogP contribution in [0.3, 0.4) is 0 Å². The number of hydrogen-bond acceptors (Lipinski definition) is 9. The number of aromatic nitrogens is 3. The van der Waals surface area contributed by atoms with Crippen LogP contribution < -0.4 is 15.8 Å². The predicted molar refractivity (Wildman–Crippen MR) is 107 cm³/mol. The highest BCUT2D eigenvalue weighted by Crippen LogP contribution is 2.26. The van der Waals surface area contributed by atoms with Crippen molar-refractivity contribution in [2.24, 2.45) is 0 Å². The second kappa shape index (κ2) is 9.36. The quantitative estimate of drug-likeness (QED) is 0.492. The normalized spacial score (nSPS) is 10.4. The molecule has 0 aliphatic carbocycles. The SMILES string of the molecule is COc1ccc(CCC(=O)OCc2nc(N)nc(Nc3ccccc3)n2)cc1O. The lowest BCUT2D eigenvalue weighted by Crippen LogP contribution is -2.11. The fourth-order valence-electron chi connectivity index (χ4n) is 2.56. The number of phenolic OH excluding ortho intramolecular Hbond substituents is 1. The Bertz CT molecular complexity index is 982. The lowest BCUT2D eigenvalue weighted by molar-refractivity contribution is -0.145. The standard InChI is InChI=1S/C20H21N5O4/c1-28-16-9-7-13(11-15(16)26)8-10-18(27)29-12-17-23-19(21)25-20(24-17)22-14-5-3-2-4-6-14/h2-7,9,11,26H,8,10,12H2,1H3,(H3,21,22,23,24,25). The summed E-state index contributed by atoms with van der Waals surface area (Å²) >= 11 is 0. The second-order valence-electron chi connectivity index (χ2n) is 6.09. The highest BCUT2D eigenvalue weighted by Gasteiger charge is 2.10. The smallest absolute Gasteiger partial charge is 0.306 e. The Hall–Kier alpha value is -3.88. The molecular formula is C20H21N5O4. The Balaban J connectivity index is 1.54. The Kier molecular flexibility index (Phi) is 6.41. The van der Waals surface area contributed by atoms with Gasteiger partial charge in [0.1, 0.15) is 0 Å². The van der Waals surface area contributed by atoms with Gasteiger partial charge in [-0.25, -0.2) is 0 Å².